The van der Waals surface area contributed by atoms with Gasteiger partial charge in [0.05, 0.1) is 18.1 Å². The number of rotatable bonds is 7. The Morgan fingerprint density at radius 2 is 1.41 bits per heavy atom. The van der Waals surface area contributed by atoms with E-state index in [0.29, 0.717) is 18.8 Å². The highest BCUT2D eigenvalue weighted by Gasteiger charge is 2.69. The average molecular weight is 795 g/mol. The molecule has 5 aliphatic carbocycles. The Hall–Kier alpha value is -1.72. The molecule has 0 aromatic carbocycles. The number of hydrogen-bond donors (Lipinski definition) is 8. The monoisotopic (exact) mass is 794 g/mol. The number of carboxylic acids is 2. The zero-order valence-corrected chi connectivity index (χ0v) is 34.0. The van der Waals surface area contributed by atoms with E-state index in [2.05, 4.69) is 54.5 Å². The first-order valence-electron chi connectivity index (χ1n) is 20.8. The van der Waals surface area contributed by atoms with Gasteiger partial charge in [0.15, 0.2) is 18.7 Å². The summed E-state index contributed by atoms with van der Waals surface area (Å²) < 4.78 is 23.5. The van der Waals surface area contributed by atoms with E-state index in [4.69, 9.17) is 18.9 Å². The molecule has 6 fully saturated rings. The number of hydrogen-bond acceptors (Lipinski definition) is 12. The van der Waals surface area contributed by atoms with Crippen molar-refractivity contribution in [2.75, 3.05) is 6.61 Å². The molecule has 0 aromatic rings. The van der Waals surface area contributed by atoms with Gasteiger partial charge in [-0.2, -0.15) is 0 Å². The van der Waals surface area contributed by atoms with Gasteiger partial charge in [-0.25, -0.2) is 4.79 Å². The number of fused-ring (bicyclic) bond motifs is 7. The van der Waals surface area contributed by atoms with Crippen molar-refractivity contribution in [2.24, 2.45) is 50.2 Å². The van der Waals surface area contributed by atoms with E-state index in [1.165, 1.54) is 5.57 Å². The molecule has 318 valence electrons. The Labute approximate surface area is 329 Å². The normalized spacial score (nSPS) is 52.3. The van der Waals surface area contributed by atoms with Gasteiger partial charge in [-0.15, -0.1) is 0 Å². The van der Waals surface area contributed by atoms with E-state index in [-0.39, 0.29) is 33.5 Å². The second-order valence-corrected chi connectivity index (χ2v) is 20.7. The number of aliphatic carboxylic acids is 2. The van der Waals surface area contributed by atoms with Crippen LogP contribution in [0.2, 0.25) is 0 Å². The zero-order valence-electron chi connectivity index (χ0n) is 34.0. The van der Waals surface area contributed by atoms with Crippen LogP contribution in [0.4, 0.5) is 0 Å². The lowest BCUT2D eigenvalue weighted by Gasteiger charge is -2.71. The zero-order chi connectivity index (χ0) is 41.1. The standard InChI is InChI=1S/C42H66O14/c1-37(2)14-16-42(36(51)52)17-15-40(6)20(21(42)18-37)8-9-24-39(5)12-11-25(38(3,4)23(39)10-13-41(24,40)7)54-35-30(48)31(29(47)32(56-35)33(49)50)55-34-28(46)27(45)26(44)22(19-43)53-34/h8,21-32,34-35,43-48H,9-19H2,1-7H3,(H,49,50)(H,51,52)/t21-,22-,23-,24+,25+,26+,27-,28-,29+,30-,31+,32+,34-,35-,39-,40-,41-,42-/m1/s1. The molecule has 0 unspecified atom stereocenters. The molecule has 2 saturated heterocycles. The van der Waals surface area contributed by atoms with Crippen molar-refractivity contribution in [1.29, 1.82) is 0 Å². The minimum Gasteiger partial charge on any atom is -0.481 e. The summed E-state index contributed by atoms with van der Waals surface area (Å²) in [5.41, 5.74) is -0.0185. The predicted molar refractivity (Wildman–Crippen MR) is 198 cm³/mol. The molecule has 0 radical (unpaired) electrons. The summed E-state index contributed by atoms with van der Waals surface area (Å²) in [5, 5.41) is 84.1. The summed E-state index contributed by atoms with van der Waals surface area (Å²) in [5.74, 6) is -1.64. The number of ether oxygens (including phenoxy) is 4. The second kappa shape index (κ2) is 14.2. The van der Waals surface area contributed by atoms with Crippen molar-refractivity contribution in [3.05, 3.63) is 11.6 Å². The molecular formula is C42H66O14. The Bertz CT molecular complexity index is 1560. The molecule has 0 amide bonds. The summed E-state index contributed by atoms with van der Waals surface area (Å²) in [6.45, 7) is 15.4. The number of carbonyl (C=O) groups is 2. The third-order valence-corrected chi connectivity index (χ3v) is 17.2. The van der Waals surface area contributed by atoms with Gasteiger partial charge < -0.3 is 59.8 Å². The van der Waals surface area contributed by atoms with Crippen LogP contribution in [-0.2, 0) is 28.5 Å². The average Bonchev–Trinajstić information content (AvgIpc) is 3.11. The van der Waals surface area contributed by atoms with Crippen molar-refractivity contribution < 1.29 is 69.4 Å². The van der Waals surface area contributed by atoms with Gasteiger partial charge in [-0.3, -0.25) is 4.79 Å². The first-order chi connectivity index (χ1) is 26.0. The van der Waals surface area contributed by atoms with Gasteiger partial charge in [0.2, 0.25) is 0 Å². The van der Waals surface area contributed by atoms with E-state index < -0.39 is 96.9 Å². The minimum absolute atomic E-state index is 0.0231. The van der Waals surface area contributed by atoms with Crippen molar-refractivity contribution in [3.8, 4) is 0 Å². The van der Waals surface area contributed by atoms with E-state index in [1.807, 2.05) is 0 Å². The summed E-state index contributed by atoms with van der Waals surface area (Å²) in [6.07, 6.45) is -7.02. The third kappa shape index (κ3) is 6.17. The van der Waals surface area contributed by atoms with Crippen molar-refractivity contribution in [3.63, 3.8) is 0 Å². The highest BCUT2D eigenvalue weighted by molar-refractivity contribution is 5.76. The Balaban J connectivity index is 1.13. The van der Waals surface area contributed by atoms with E-state index in [1.54, 1.807) is 0 Å². The van der Waals surface area contributed by atoms with Gasteiger partial charge in [0.25, 0.3) is 0 Å². The number of aliphatic hydroxyl groups excluding tert-OH is 6. The van der Waals surface area contributed by atoms with Gasteiger partial charge in [-0.1, -0.05) is 60.1 Å². The molecule has 7 aliphatic rings. The first kappa shape index (κ1) is 42.4. The largest absolute Gasteiger partial charge is 0.481 e. The van der Waals surface area contributed by atoms with Crippen LogP contribution in [0.1, 0.15) is 113 Å². The lowest BCUT2D eigenvalue weighted by atomic mass is 9.33. The number of carboxylic acid groups (broad SMARTS) is 2. The molecular weight excluding hydrogens is 728 g/mol. The molecule has 56 heavy (non-hydrogen) atoms. The topological polar surface area (TPSA) is 233 Å². The minimum atomic E-state index is -1.93. The molecule has 4 saturated carbocycles. The van der Waals surface area contributed by atoms with Crippen molar-refractivity contribution >= 4 is 11.9 Å². The summed E-state index contributed by atoms with van der Waals surface area (Å²) in [6, 6.07) is 0. The van der Waals surface area contributed by atoms with Crippen LogP contribution >= 0.6 is 0 Å². The van der Waals surface area contributed by atoms with Gasteiger partial charge in [0.1, 0.15) is 42.7 Å². The Morgan fingerprint density at radius 1 is 0.750 bits per heavy atom. The third-order valence-electron chi connectivity index (χ3n) is 17.2. The van der Waals surface area contributed by atoms with Crippen LogP contribution in [0.15, 0.2) is 11.6 Å². The first-order valence-corrected chi connectivity index (χ1v) is 20.8. The van der Waals surface area contributed by atoms with Crippen LogP contribution in [0, 0.1) is 50.2 Å². The fourth-order valence-electron chi connectivity index (χ4n) is 13.7. The van der Waals surface area contributed by atoms with Crippen molar-refractivity contribution in [1.82, 2.24) is 0 Å². The van der Waals surface area contributed by atoms with E-state index in [9.17, 15) is 50.4 Å². The van der Waals surface area contributed by atoms with Crippen LogP contribution in [0.25, 0.3) is 0 Å². The second-order valence-electron chi connectivity index (χ2n) is 20.7. The molecule has 0 bridgehead atoms. The summed E-state index contributed by atoms with van der Waals surface area (Å²) >= 11 is 0. The molecule has 2 heterocycles. The summed E-state index contributed by atoms with van der Waals surface area (Å²) in [4.78, 5) is 25.4. The van der Waals surface area contributed by atoms with Gasteiger partial charge in [0, 0.05) is 0 Å². The van der Waals surface area contributed by atoms with E-state index >= 15 is 0 Å². The number of aliphatic hydroxyl groups is 6. The molecule has 7 rings (SSSR count). The maximum absolute atomic E-state index is 13.0. The fourth-order valence-corrected chi connectivity index (χ4v) is 13.7. The molecule has 0 spiro atoms. The van der Waals surface area contributed by atoms with E-state index in [0.717, 1.165) is 51.4 Å². The molecule has 0 aromatic heterocycles. The molecule has 2 aliphatic heterocycles. The number of allylic oxidation sites excluding steroid dienone is 2. The maximum Gasteiger partial charge on any atom is 0.335 e. The van der Waals surface area contributed by atoms with Crippen LogP contribution in [0.5, 0.6) is 0 Å². The summed E-state index contributed by atoms with van der Waals surface area (Å²) in [7, 11) is 0. The maximum atomic E-state index is 13.0. The lowest BCUT2D eigenvalue weighted by molar-refractivity contribution is -0.365. The lowest BCUT2D eigenvalue weighted by Crippen LogP contribution is -2.67. The quantitative estimate of drug-likeness (QED) is 0.137. The van der Waals surface area contributed by atoms with Gasteiger partial charge >= 0.3 is 11.9 Å². The smallest absolute Gasteiger partial charge is 0.335 e. The fraction of sp³-hybridized carbons (Fsp3) is 0.905. The Morgan fingerprint density at radius 3 is 2.05 bits per heavy atom. The van der Waals surface area contributed by atoms with Gasteiger partial charge in [-0.05, 0) is 109 Å². The molecule has 18 atom stereocenters. The molecule has 14 heteroatoms. The SMILES string of the molecule is CC1(C)CC[C@@]2(C(=O)O)CC[C@]3(C)C(=CC[C@H]4[C@]5(C)CC[C@H](O[C@@H]6O[C@H](C(=O)O)[C@@H](O)[C@H](O[C@H]7O[C@H](CO)[C@H](O)[C@@H](O)[C@H]7O)[C@H]6O)C(C)(C)[C@H]5CC[C@]43C)[C@H]2C1. The van der Waals surface area contributed by atoms with Crippen molar-refractivity contribution in [2.45, 2.75) is 180 Å². The predicted octanol–water partition coefficient (Wildman–Crippen LogP) is 2.97. The Kier molecular flexibility index (Phi) is 10.8. The highest BCUT2D eigenvalue weighted by Crippen LogP contribution is 2.76. The molecule has 14 nitrogen and oxygen atoms in total. The highest BCUT2D eigenvalue weighted by atomic mass is 16.7. The van der Waals surface area contributed by atoms with Crippen LogP contribution in [-0.4, -0.2) is 127 Å². The van der Waals surface area contributed by atoms with Crippen LogP contribution < -0.4 is 0 Å². The van der Waals surface area contributed by atoms with Crippen LogP contribution in [0.3, 0.4) is 0 Å². The molecule has 8 N–H and O–H groups in total.